The van der Waals surface area contributed by atoms with Crippen LogP contribution in [0.5, 0.6) is 0 Å². The third-order valence-electron chi connectivity index (χ3n) is 4.27. The van der Waals surface area contributed by atoms with Gasteiger partial charge in [0.05, 0.1) is 12.1 Å². The van der Waals surface area contributed by atoms with Crippen molar-refractivity contribution in [3.63, 3.8) is 0 Å². The lowest BCUT2D eigenvalue weighted by Gasteiger charge is -2.32. The zero-order chi connectivity index (χ0) is 11.7. The van der Waals surface area contributed by atoms with Crippen LogP contribution in [0.1, 0.15) is 37.7 Å². The predicted molar refractivity (Wildman–Crippen MR) is 70.4 cm³/mol. The van der Waals surface area contributed by atoms with E-state index in [1.807, 2.05) is 0 Å². The summed E-state index contributed by atoms with van der Waals surface area (Å²) in [6.07, 6.45) is 6.86. The average Bonchev–Trinajstić information content (AvgIpc) is 2.66. The fourth-order valence-corrected chi connectivity index (χ4v) is 3.34. The third kappa shape index (κ3) is 2.06. The van der Waals surface area contributed by atoms with Gasteiger partial charge in [-0.3, -0.25) is 0 Å². The monoisotopic (exact) mass is 231 g/mol. The summed E-state index contributed by atoms with van der Waals surface area (Å²) >= 11 is 0. The fraction of sp³-hybridized carbons (Fsp3) is 0.600. The number of anilines is 1. The van der Waals surface area contributed by atoms with E-state index < -0.39 is 0 Å². The molecule has 1 heterocycles. The van der Waals surface area contributed by atoms with Crippen LogP contribution in [0.4, 0.5) is 5.69 Å². The van der Waals surface area contributed by atoms with Crippen LogP contribution >= 0.6 is 0 Å². The standard InChI is InChI=1S/C15H21NO/c17-15-9-3-1-2-8-14(15)16-11-10-12-6-4-5-7-13(12)16/h4-7,14-15,17H,1-3,8-11H2. The molecule has 0 amide bonds. The molecule has 1 aliphatic heterocycles. The van der Waals surface area contributed by atoms with Gasteiger partial charge < -0.3 is 10.0 Å². The normalized spacial score (nSPS) is 28.9. The predicted octanol–water partition coefficient (Wildman–Crippen LogP) is 2.74. The molecule has 2 aliphatic rings. The SMILES string of the molecule is OC1CCCCCC1N1CCc2ccccc21. The van der Waals surface area contributed by atoms with E-state index in [0.717, 1.165) is 25.8 Å². The number of fused-ring (bicyclic) bond motifs is 1. The molecule has 0 radical (unpaired) electrons. The van der Waals surface area contributed by atoms with Crippen molar-refractivity contribution >= 4 is 5.69 Å². The molecule has 1 aliphatic carbocycles. The second kappa shape index (κ2) is 4.69. The Balaban J connectivity index is 1.85. The van der Waals surface area contributed by atoms with Crippen LogP contribution in [0.15, 0.2) is 24.3 Å². The fourth-order valence-electron chi connectivity index (χ4n) is 3.34. The number of benzene rings is 1. The van der Waals surface area contributed by atoms with E-state index >= 15 is 0 Å². The first-order chi connectivity index (χ1) is 8.36. The second-order valence-electron chi connectivity index (χ2n) is 5.34. The number of para-hydroxylation sites is 1. The number of hydrogen-bond acceptors (Lipinski definition) is 2. The smallest absolute Gasteiger partial charge is 0.0743 e. The van der Waals surface area contributed by atoms with Gasteiger partial charge in [0.15, 0.2) is 0 Å². The summed E-state index contributed by atoms with van der Waals surface area (Å²) in [5.41, 5.74) is 2.81. The number of rotatable bonds is 1. The zero-order valence-corrected chi connectivity index (χ0v) is 10.3. The molecular weight excluding hydrogens is 210 g/mol. The van der Waals surface area contributed by atoms with E-state index in [0.29, 0.717) is 6.04 Å². The van der Waals surface area contributed by atoms with Crippen molar-refractivity contribution in [2.24, 2.45) is 0 Å². The van der Waals surface area contributed by atoms with E-state index in [1.54, 1.807) is 0 Å². The highest BCUT2D eigenvalue weighted by atomic mass is 16.3. The van der Waals surface area contributed by atoms with Crippen LogP contribution in [0.2, 0.25) is 0 Å². The van der Waals surface area contributed by atoms with Crippen molar-refractivity contribution in [2.45, 2.75) is 50.7 Å². The molecular formula is C15H21NO. The lowest BCUT2D eigenvalue weighted by atomic mass is 10.0. The number of aliphatic hydroxyl groups is 1. The largest absolute Gasteiger partial charge is 0.391 e. The van der Waals surface area contributed by atoms with Crippen LogP contribution in [-0.2, 0) is 6.42 Å². The maximum absolute atomic E-state index is 10.3. The molecule has 17 heavy (non-hydrogen) atoms. The Hall–Kier alpha value is -1.02. The number of hydrogen-bond donors (Lipinski definition) is 1. The highest BCUT2D eigenvalue weighted by Gasteiger charge is 2.31. The topological polar surface area (TPSA) is 23.5 Å². The summed E-state index contributed by atoms with van der Waals surface area (Å²) < 4.78 is 0. The average molecular weight is 231 g/mol. The molecule has 1 fully saturated rings. The minimum atomic E-state index is -0.136. The van der Waals surface area contributed by atoms with Gasteiger partial charge in [-0.15, -0.1) is 0 Å². The number of nitrogens with zero attached hydrogens (tertiary/aromatic N) is 1. The van der Waals surface area contributed by atoms with Gasteiger partial charge in [0.25, 0.3) is 0 Å². The Bertz CT molecular complexity index is 390. The lowest BCUT2D eigenvalue weighted by Crippen LogP contribution is -2.42. The zero-order valence-electron chi connectivity index (χ0n) is 10.3. The summed E-state index contributed by atoms with van der Waals surface area (Å²) in [6, 6.07) is 9.01. The maximum Gasteiger partial charge on any atom is 0.0743 e. The van der Waals surface area contributed by atoms with Crippen molar-refractivity contribution < 1.29 is 5.11 Å². The van der Waals surface area contributed by atoms with Gasteiger partial charge >= 0.3 is 0 Å². The van der Waals surface area contributed by atoms with Crippen molar-refractivity contribution in [1.29, 1.82) is 0 Å². The molecule has 2 heteroatoms. The molecule has 0 spiro atoms. The molecule has 1 saturated carbocycles. The summed E-state index contributed by atoms with van der Waals surface area (Å²) in [7, 11) is 0. The molecule has 0 saturated heterocycles. The molecule has 1 aromatic carbocycles. The molecule has 92 valence electrons. The third-order valence-corrected chi connectivity index (χ3v) is 4.27. The Labute approximate surface area is 103 Å². The Morgan fingerprint density at radius 3 is 2.82 bits per heavy atom. The Kier molecular flexibility index (Phi) is 3.06. The second-order valence-corrected chi connectivity index (χ2v) is 5.34. The minimum absolute atomic E-state index is 0.136. The maximum atomic E-state index is 10.3. The van der Waals surface area contributed by atoms with Crippen LogP contribution in [0.3, 0.4) is 0 Å². The van der Waals surface area contributed by atoms with Crippen molar-refractivity contribution in [3.8, 4) is 0 Å². The van der Waals surface area contributed by atoms with Gasteiger partial charge in [0, 0.05) is 12.2 Å². The molecule has 1 aromatic rings. The van der Waals surface area contributed by atoms with E-state index in [4.69, 9.17) is 0 Å². The molecule has 1 N–H and O–H groups in total. The van der Waals surface area contributed by atoms with E-state index in [1.165, 1.54) is 30.5 Å². The van der Waals surface area contributed by atoms with Crippen LogP contribution in [0, 0.1) is 0 Å². The summed E-state index contributed by atoms with van der Waals surface area (Å²) in [6.45, 7) is 1.08. The van der Waals surface area contributed by atoms with Crippen molar-refractivity contribution in [2.75, 3.05) is 11.4 Å². The summed E-state index contributed by atoms with van der Waals surface area (Å²) in [4.78, 5) is 2.45. The van der Waals surface area contributed by atoms with Crippen molar-refractivity contribution in [3.05, 3.63) is 29.8 Å². The van der Waals surface area contributed by atoms with E-state index in [2.05, 4.69) is 29.2 Å². The highest BCUT2D eigenvalue weighted by molar-refractivity contribution is 5.58. The van der Waals surface area contributed by atoms with Crippen molar-refractivity contribution in [1.82, 2.24) is 0 Å². The molecule has 2 nitrogen and oxygen atoms in total. The Morgan fingerprint density at radius 1 is 1.06 bits per heavy atom. The van der Waals surface area contributed by atoms with Gasteiger partial charge in [-0.2, -0.15) is 0 Å². The molecule has 0 aromatic heterocycles. The van der Waals surface area contributed by atoms with Gasteiger partial charge in [-0.1, -0.05) is 37.5 Å². The first-order valence-electron chi connectivity index (χ1n) is 6.89. The quantitative estimate of drug-likeness (QED) is 0.751. The van der Waals surface area contributed by atoms with Crippen LogP contribution in [-0.4, -0.2) is 23.8 Å². The van der Waals surface area contributed by atoms with Gasteiger partial charge in [-0.25, -0.2) is 0 Å². The molecule has 2 unspecified atom stereocenters. The van der Waals surface area contributed by atoms with Gasteiger partial charge in [0.2, 0.25) is 0 Å². The number of aliphatic hydroxyl groups excluding tert-OH is 1. The molecule has 3 rings (SSSR count). The van der Waals surface area contributed by atoms with Crippen LogP contribution in [0.25, 0.3) is 0 Å². The summed E-state index contributed by atoms with van der Waals surface area (Å²) in [5.74, 6) is 0. The first kappa shape index (κ1) is 11.1. The van der Waals surface area contributed by atoms with Crippen LogP contribution < -0.4 is 4.90 Å². The minimum Gasteiger partial charge on any atom is -0.391 e. The van der Waals surface area contributed by atoms with Gasteiger partial charge in [-0.05, 0) is 30.9 Å². The Morgan fingerprint density at radius 2 is 1.88 bits per heavy atom. The molecule has 2 atom stereocenters. The van der Waals surface area contributed by atoms with E-state index in [9.17, 15) is 5.11 Å². The molecule has 0 bridgehead atoms. The first-order valence-corrected chi connectivity index (χ1v) is 6.89. The highest BCUT2D eigenvalue weighted by Crippen LogP contribution is 2.33. The summed E-state index contributed by atoms with van der Waals surface area (Å²) in [5, 5.41) is 10.3. The lowest BCUT2D eigenvalue weighted by molar-refractivity contribution is 0.133. The van der Waals surface area contributed by atoms with Gasteiger partial charge in [0.1, 0.15) is 0 Å². The van der Waals surface area contributed by atoms with E-state index in [-0.39, 0.29) is 6.10 Å².